The first kappa shape index (κ1) is 34.7. The average molecular weight is 743 g/mol. The van der Waals surface area contributed by atoms with Gasteiger partial charge in [0.15, 0.2) is 10.2 Å². The summed E-state index contributed by atoms with van der Waals surface area (Å²) in [4.78, 5) is 22.4. The van der Waals surface area contributed by atoms with Crippen LogP contribution in [0.15, 0.2) is 164 Å². The second-order valence-electron chi connectivity index (χ2n) is 12.1. The van der Waals surface area contributed by atoms with Crippen LogP contribution in [0.5, 0.6) is 11.5 Å². The Labute approximate surface area is 318 Å². The van der Waals surface area contributed by atoms with E-state index in [2.05, 4.69) is 43.6 Å². The molecule has 0 saturated carbocycles. The summed E-state index contributed by atoms with van der Waals surface area (Å²) in [6.07, 6.45) is 4.89. The van der Waals surface area contributed by atoms with Gasteiger partial charge in [-0.05, 0) is 69.8 Å². The fraction of sp³-hybridized carbons (Fsp3) is 0.0500. The molecular formula is C40H26N10O6+2. The zero-order chi connectivity index (χ0) is 38.4. The minimum Gasteiger partial charge on any atom is -0.468 e. The van der Waals surface area contributed by atoms with Gasteiger partial charge in [-0.25, -0.2) is 0 Å². The summed E-state index contributed by atoms with van der Waals surface area (Å²) in [5, 5.41) is 49.2. The zero-order valence-electron chi connectivity index (χ0n) is 29.0. The summed E-state index contributed by atoms with van der Waals surface area (Å²) in [6.45, 7) is -0.362. The van der Waals surface area contributed by atoms with E-state index in [0.29, 0.717) is 44.9 Å². The maximum Gasteiger partial charge on any atom is 0.598 e. The van der Waals surface area contributed by atoms with Crippen LogP contribution in [0.2, 0.25) is 0 Å². The van der Waals surface area contributed by atoms with Crippen molar-refractivity contribution in [3.8, 4) is 67.1 Å². The van der Waals surface area contributed by atoms with Crippen LogP contribution < -0.4 is 9.47 Å². The number of rotatable bonds is 13. The van der Waals surface area contributed by atoms with Gasteiger partial charge in [-0.1, -0.05) is 83.0 Å². The Kier molecular flexibility index (Phi) is 9.52. The van der Waals surface area contributed by atoms with Gasteiger partial charge in [0.2, 0.25) is 13.5 Å². The maximum absolute atomic E-state index is 11.6. The molecule has 0 saturated heterocycles. The second kappa shape index (κ2) is 15.3. The summed E-state index contributed by atoms with van der Waals surface area (Å²) in [5.41, 5.74) is 6.66. The molecule has 0 N–H and O–H groups in total. The van der Waals surface area contributed by atoms with Gasteiger partial charge in [0.25, 0.3) is 11.4 Å². The molecule has 0 amide bonds. The number of nitrogens with zero attached hydrogens (tertiary/aromatic N) is 10. The lowest BCUT2D eigenvalue weighted by atomic mass is 9.84. The molecule has 0 aliphatic carbocycles. The van der Waals surface area contributed by atoms with E-state index in [4.69, 9.17) is 9.47 Å². The molecule has 270 valence electrons. The van der Waals surface area contributed by atoms with Crippen molar-refractivity contribution in [2.24, 2.45) is 30.9 Å². The topological polar surface area (TPSA) is 185 Å². The lowest BCUT2D eigenvalue weighted by Gasteiger charge is -2.26. The summed E-state index contributed by atoms with van der Waals surface area (Å²) in [5.74, 6) is 0.736. The van der Waals surface area contributed by atoms with Gasteiger partial charge in [0, 0.05) is 57.0 Å². The third kappa shape index (κ3) is 7.06. The molecule has 6 aromatic carbocycles. The fourth-order valence-corrected chi connectivity index (χ4v) is 6.34. The molecule has 0 radical (unpaired) electrons. The highest BCUT2D eigenvalue weighted by atomic mass is 16.6. The molecule has 0 atom stereocenters. The van der Waals surface area contributed by atoms with E-state index in [9.17, 15) is 20.2 Å². The molecule has 0 unspecified atom stereocenters. The van der Waals surface area contributed by atoms with Gasteiger partial charge < -0.3 is 9.47 Å². The summed E-state index contributed by atoms with van der Waals surface area (Å²) in [7, 11) is 0. The highest BCUT2D eigenvalue weighted by Crippen LogP contribution is 2.54. The fourth-order valence-electron chi connectivity index (χ4n) is 6.34. The van der Waals surface area contributed by atoms with E-state index in [0.717, 1.165) is 22.3 Å². The molecule has 2 aliphatic heterocycles. The first-order chi connectivity index (χ1) is 27.4. The van der Waals surface area contributed by atoms with E-state index < -0.39 is 9.85 Å². The Morgan fingerprint density at radius 3 is 1.18 bits per heavy atom. The van der Waals surface area contributed by atoms with Crippen LogP contribution in [0.4, 0.5) is 11.4 Å². The molecule has 8 rings (SSSR count). The predicted molar refractivity (Wildman–Crippen MR) is 206 cm³/mol. The van der Waals surface area contributed by atoms with Crippen molar-refractivity contribution in [2.75, 3.05) is 13.5 Å². The number of non-ortho nitro benzene ring substituents is 2. The monoisotopic (exact) mass is 742 g/mol. The number of hydrogen-bond acceptors (Lipinski definition) is 14. The first-order valence-electron chi connectivity index (χ1n) is 16.9. The van der Waals surface area contributed by atoms with Crippen molar-refractivity contribution in [2.45, 2.75) is 0 Å². The largest absolute Gasteiger partial charge is 0.598 e. The Balaban J connectivity index is 1.47. The van der Waals surface area contributed by atoms with E-state index in [-0.39, 0.29) is 24.8 Å². The molecule has 0 aromatic heterocycles. The van der Waals surface area contributed by atoms with Crippen molar-refractivity contribution in [1.82, 2.24) is 10.2 Å². The number of hydrazone groups is 2. The quantitative estimate of drug-likeness (QED) is 0.0636. The van der Waals surface area contributed by atoms with Gasteiger partial charge in [-0.3, -0.25) is 20.2 Å². The molecule has 56 heavy (non-hydrogen) atoms. The van der Waals surface area contributed by atoms with Crippen LogP contribution in [-0.4, -0.2) is 46.2 Å². The molecule has 0 spiro atoms. The molecule has 16 heteroatoms. The molecule has 0 bridgehead atoms. The van der Waals surface area contributed by atoms with Crippen molar-refractivity contribution in [3.63, 3.8) is 0 Å². The van der Waals surface area contributed by atoms with E-state index in [1.54, 1.807) is 24.3 Å². The minimum absolute atomic E-state index is 0.0727. The lowest BCUT2D eigenvalue weighted by Crippen LogP contribution is -2.17. The number of benzene rings is 6. The Morgan fingerprint density at radius 1 is 0.482 bits per heavy atom. The Bertz CT molecular complexity index is 2340. The van der Waals surface area contributed by atoms with Gasteiger partial charge >= 0.3 is 12.7 Å². The highest BCUT2D eigenvalue weighted by molar-refractivity contribution is 6.03. The minimum atomic E-state index is -0.459. The van der Waals surface area contributed by atoms with Gasteiger partial charge in [0.05, 0.1) is 9.85 Å². The van der Waals surface area contributed by atoms with Gasteiger partial charge in [0.1, 0.15) is 21.7 Å². The molecular weight excluding hydrogens is 717 g/mol. The number of nitro benzene ring substituents is 2. The SMILES string of the molecule is O=[N+]([O-])c1ccc(-c2ccc(-c3ccccc3)c(-c3c(-c4ccccc4)ccc(-c4ccc([N+](=O)[O-])cc4)c3OCN3N=[C+]N=N3)c2OCN2N=[C+]N=N2)cc1. The van der Waals surface area contributed by atoms with Crippen molar-refractivity contribution in [3.05, 3.63) is 154 Å². The van der Waals surface area contributed by atoms with Crippen LogP contribution in [0.25, 0.3) is 55.6 Å². The summed E-state index contributed by atoms with van der Waals surface area (Å²) < 4.78 is 13.4. The molecule has 2 aliphatic rings. The number of ether oxygens (including phenoxy) is 2. The zero-order valence-corrected chi connectivity index (χ0v) is 29.0. The van der Waals surface area contributed by atoms with E-state index in [1.807, 2.05) is 84.9 Å². The lowest BCUT2D eigenvalue weighted by molar-refractivity contribution is -0.385. The third-order valence-corrected chi connectivity index (χ3v) is 8.87. The van der Waals surface area contributed by atoms with Gasteiger partial charge in [-0.15, -0.1) is 0 Å². The normalized spacial score (nSPS) is 12.4. The highest BCUT2D eigenvalue weighted by Gasteiger charge is 2.29. The smallest absolute Gasteiger partial charge is 0.468 e. The molecule has 0 fully saturated rings. The average Bonchev–Trinajstić information content (AvgIpc) is 3.98. The van der Waals surface area contributed by atoms with E-state index >= 15 is 0 Å². The molecule has 2 heterocycles. The number of nitro groups is 2. The van der Waals surface area contributed by atoms with Crippen LogP contribution in [0, 0.1) is 20.2 Å². The second-order valence-corrected chi connectivity index (χ2v) is 12.1. The number of hydrogen-bond donors (Lipinski definition) is 0. The Hall–Kier alpha value is -8.32. The van der Waals surface area contributed by atoms with Crippen molar-refractivity contribution in [1.29, 1.82) is 0 Å². The van der Waals surface area contributed by atoms with Crippen molar-refractivity contribution < 1.29 is 19.3 Å². The van der Waals surface area contributed by atoms with Gasteiger partial charge in [-0.2, -0.15) is 0 Å². The molecule has 6 aromatic rings. The van der Waals surface area contributed by atoms with Crippen LogP contribution >= 0.6 is 0 Å². The maximum atomic E-state index is 11.6. The first-order valence-corrected chi connectivity index (χ1v) is 16.9. The van der Waals surface area contributed by atoms with Crippen LogP contribution in [0.3, 0.4) is 0 Å². The van der Waals surface area contributed by atoms with Crippen LogP contribution in [0.1, 0.15) is 0 Å². The third-order valence-electron chi connectivity index (χ3n) is 8.87. The van der Waals surface area contributed by atoms with E-state index in [1.165, 1.54) is 34.5 Å². The standard InChI is InChI=1S/C40H26N10O6/c51-49(52)31-15-11-29(12-16-31)35-21-19-33(27-7-3-1-4-8-27)37(39(35)55-25-47-43-23-41-45-47)38-34(28-9-5-2-6-10-28)20-22-36(30-13-17-32(18-14-30)50(53)54)40(38)56-26-48-44-24-42-46-48/h1-22H,25-26H2/q+2. The van der Waals surface area contributed by atoms with Crippen LogP contribution in [-0.2, 0) is 0 Å². The summed E-state index contributed by atoms with van der Waals surface area (Å²) >= 11 is 0. The Morgan fingerprint density at radius 2 is 0.839 bits per heavy atom. The predicted octanol–water partition coefficient (Wildman–Crippen LogP) is 9.52. The molecule has 16 nitrogen and oxygen atoms in total. The summed E-state index contributed by atoms with van der Waals surface area (Å²) in [6, 6.07) is 39.5. The van der Waals surface area contributed by atoms with Crippen molar-refractivity contribution >= 4 is 24.1 Å².